The number of hydrogen-bond acceptors (Lipinski definition) is 7. The SMILES string of the molecule is CNC(=O)c1c(C)oc2cc(Oc3ccnc(-c4cccc(N5CCN(C)CC5=O)c4)n3)ccc12. The van der Waals surface area contributed by atoms with Crippen LogP contribution >= 0.6 is 0 Å². The number of aryl methyl sites for hydroxylation is 1. The van der Waals surface area contributed by atoms with Crippen molar-refractivity contribution in [3.8, 4) is 23.0 Å². The summed E-state index contributed by atoms with van der Waals surface area (Å²) >= 11 is 0. The predicted molar refractivity (Wildman–Crippen MR) is 132 cm³/mol. The van der Waals surface area contributed by atoms with Crippen LogP contribution in [0.1, 0.15) is 16.1 Å². The summed E-state index contributed by atoms with van der Waals surface area (Å²) < 4.78 is 11.7. The van der Waals surface area contributed by atoms with Gasteiger partial charge in [-0.1, -0.05) is 12.1 Å². The Labute approximate surface area is 202 Å². The van der Waals surface area contributed by atoms with Crippen molar-refractivity contribution in [2.75, 3.05) is 38.6 Å². The number of ether oxygens (including phenoxy) is 1. The Morgan fingerprint density at radius 1 is 1.14 bits per heavy atom. The fraction of sp³-hybridized carbons (Fsp3) is 0.231. The number of anilines is 1. The number of piperazine rings is 1. The summed E-state index contributed by atoms with van der Waals surface area (Å²) in [5, 5.41) is 3.35. The van der Waals surface area contributed by atoms with Gasteiger partial charge in [-0.05, 0) is 38.2 Å². The zero-order valence-electron chi connectivity index (χ0n) is 19.7. The molecule has 9 heteroatoms. The van der Waals surface area contributed by atoms with Gasteiger partial charge in [0.05, 0.1) is 12.1 Å². The highest BCUT2D eigenvalue weighted by molar-refractivity contribution is 6.07. The highest BCUT2D eigenvalue weighted by Gasteiger charge is 2.23. The first-order chi connectivity index (χ1) is 16.9. The van der Waals surface area contributed by atoms with E-state index < -0.39 is 0 Å². The Morgan fingerprint density at radius 3 is 2.80 bits per heavy atom. The third kappa shape index (κ3) is 4.45. The summed E-state index contributed by atoms with van der Waals surface area (Å²) in [6, 6.07) is 14.6. The number of aromatic nitrogens is 2. The Morgan fingerprint density at radius 2 is 2.00 bits per heavy atom. The quantitative estimate of drug-likeness (QED) is 0.474. The maximum absolute atomic E-state index is 12.5. The molecule has 3 heterocycles. The lowest BCUT2D eigenvalue weighted by atomic mass is 10.1. The molecule has 0 aliphatic carbocycles. The number of likely N-dealkylation sites (N-methyl/N-ethyl adjacent to an activating group) is 1. The fourth-order valence-electron chi connectivity index (χ4n) is 4.21. The molecule has 1 fully saturated rings. The Balaban J connectivity index is 1.40. The minimum Gasteiger partial charge on any atom is -0.460 e. The van der Waals surface area contributed by atoms with Crippen LogP contribution in [-0.2, 0) is 4.79 Å². The third-order valence-electron chi connectivity index (χ3n) is 5.97. The van der Waals surface area contributed by atoms with E-state index >= 15 is 0 Å². The number of furan rings is 1. The first-order valence-electron chi connectivity index (χ1n) is 11.3. The summed E-state index contributed by atoms with van der Waals surface area (Å²) in [4.78, 5) is 37.4. The molecule has 2 aromatic heterocycles. The van der Waals surface area contributed by atoms with Crippen LogP contribution in [0, 0.1) is 6.92 Å². The van der Waals surface area contributed by atoms with Crippen LogP contribution in [0.5, 0.6) is 11.6 Å². The molecule has 0 atom stereocenters. The van der Waals surface area contributed by atoms with E-state index in [0.717, 1.165) is 17.8 Å². The van der Waals surface area contributed by atoms with Crippen LogP contribution in [-0.4, -0.2) is 60.4 Å². The minimum absolute atomic E-state index is 0.0667. The van der Waals surface area contributed by atoms with E-state index in [1.807, 2.05) is 36.2 Å². The topological polar surface area (TPSA) is 101 Å². The van der Waals surface area contributed by atoms with Gasteiger partial charge in [0, 0.05) is 55.1 Å². The van der Waals surface area contributed by atoms with Crippen molar-refractivity contribution in [1.82, 2.24) is 20.2 Å². The maximum atomic E-state index is 12.5. The summed E-state index contributed by atoms with van der Waals surface area (Å²) in [6.07, 6.45) is 1.63. The highest BCUT2D eigenvalue weighted by Crippen LogP contribution is 2.31. The van der Waals surface area contributed by atoms with Crippen LogP contribution in [0.15, 0.2) is 59.1 Å². The van der Waals surface area contributed by atoms with Crippen molar-refractivity contribution in [1.29, 1.82) is 0 Å². The van der Waals surface area contributed by atoms with Gasteiger partial charge < -0.3 is 19.4 Å². The van der Waals surface area contributed by atoms with Crippen molar-refractivity contribution < 1.29 is 18.7 Å². The van der Waals surface area contributed by atoms with Gasteiger partial charge in [0.15, 0.2) is 5.82 Å². The molecule has 1 aliphatic rings. The molecular weight excluding hydrogens is 446 g/mol. The molecule has 0 unspecified atom stereocenters. The van der Waals surface area contributed by atoms with Gasteiger partial charge in [0.1, 0.15) is 17.1 Å². The lowest BCUT2D eigenvalue weighted by Gasteiger charge is -2.32. The van der Waals surface area contributed by atoms with Gasteiger partial charge >= 0.3 is 0 Å². The van der Waals surface area contributed by atoms with Gasteiger partial charge in [0.2, 0.25) is 11.8 Å². The molecule has 35 heavy (non-hydrogen) atoms. The molecule has 0 radical (unpaired) electrons. The second kappa shape index (κ2) is 9.19. The number of benzene rings is 2. The Bertz CT molecular complexity index is 1430. The number of amides is 2. The van der Waals surface area contributed by atoms with E-state index in [1.54, 1.807) is 49.3 Å². The molecule has 178 valence electrons. The standard InChI is InChI=1S/C26H25N5O4/c1-16-24(26(33)27-2)20-8-7-19(14-21(20)34-16)35-22-9-10-28-25(29-22)17-5-4-6-18(13-17)31-12-11-30(3)15-23(31)32/h4-10,13-14H,11-12,15H2,1-3H3,(H,27,33). The fourth-order valence-corrected chi connectivity index (χ4v) is 4.21. The van der Waals surface area contributed by atoms with E-state index in [2.05, 4.69) is 15.3 Å². The lowest BCUT2D eigenvalue weighted by molar-refractivity contribution is -0.120. The summed E-state index contributed by atoms with van der Waals surface area (Å²) in [5.74, 6) is 1.79. The number of nitrogens with one attached hydrogen (secondary N) is 1. The number of rotatable bonds is 5. The molecule has 5 rings (SSSR count). The second-order valence-corrected chi connectivity index (χ2v) is 8.42. The van der Waals surface area contributed by atoms with E-state index in [9.17, 15) is 9.59 Å². The van der Waals surface area contributed by atoms with E-state index in [1.165, 1.54) is 0 Å². The van der Waals surface area contributed by atoms with Crippen molar-refractivity contribution in [3.05, 3.63) is 66.1 Å². The lowest BCUT2D eigenvalue weighted by Crippen LogP contribution is -2.48. The summed E-state index contributed by atoms with van der Waals surface area (Å²) in [5.41, 5.74) is 2.67. The average Bonchev–Trinajstić information content (AvgIpc) is 3.18. The van der Waals surface area contributed by atoms with Gasteiger partial charge in [0.25, 0.3) is 5.91 Å². The molecule has 0 bridgehead atoms. The third-order valence-corrected chi connectivity index (χ3v) is 5.97. The maximum Gasteiger partial charge on any atom is 0.255 e. The van der Waals surface area contributed by atoms with Gasteiger partial charge in [-0.15, -0.1) is 0 Å². The molecular formula is C26H25N5O4. The first-order valence-corrected chi connectivity index (χ1v) is 11.3. The zero-order chi connectivity index (χ0) is 24.5. The number of hydrogen-bond donors (Lipinski definition) is 1. The van der Waals surface area contributed by atoms with Crippen LogP contribution in [0.3, 0.4) is 0 Å². The monoisotopic (exact) mass is 471 g/mol. The number of nitrogens with zero attached hydrogens (tertiary/aromatic N) is 4. The number of fused-ring (bicyclic) bond motifs is 1. The molecule has 2 aromatic carbocycles. The molecule has 9 nitrogen and oxygen atoms in total. The zero-order valence-corrected chi connectivity index (χ0v) is 19.7. The van der Waals surface area contributed by atoms with Gasteiger partial charge in [-0.25, -0.2) is 4.98 Å². The van der Waals surface area contributed by atoms with Crippen molar-refractivity contribution in [2.24, 2.45) is 0 Å². The minimum atomic E-state index is -0.198. The van der Waals surface area contributed by atoms with Crippen LogP contribution in [0.2, 0.25) is 0 Å². The molecule has 1 saturated heterocycles. The predicted octanol–water partition coefficient (Wildman–Crippen LogP) is 3.63. The normalized spacial score (nSPS) is 14.4. The molecule has 1 N–H and O–H groups in total. The van der Waals surface area contributed by atoms with Crippen LogP contribution < -0.4 is 15.0 Å². The Hall–Kier alpha value is -4.24. The smallest absolute Gasteiger partial charge is 0.255 e. The van der Waals surface area contributed by atoms with Crippen molar-refractivity contribution in [2.45, 2.75) is 6.92 Å². The first kappa shape index (κ1) is 22.5. The highest BCUT2D eigenvalue weighted by atomic mass is 16.5. The molecule has 0 spiro atoms. The molecule has 1 aliphatic heterocycles. The van der Waals surface area contributed by atoms with Gasteiger partial charge in [-0.3, -0.25) is 14.5 Å². The second-order valence-electron chi connectivity index (χ2n) is 8.42. The number of carbonyl (C=O) groups is 2. The average molecular weight is 472 g/mol. The van der Waals surface area contributed by atoms with E-state index in [0.29, 0.717) is 52.8 Å². The van der Waals surface area contributed by atoms with Crippen LogP contribution in [0.4, 0.5) is 5.69 Å². The van der Waals surface area contributed by atoms with E-state index in [4.69, 9.17) is 9.15 Å². The molecule has 4 aromatic rings. The summed E-state index contributed by atoms with van der Waals surface area (Å²) in [6.45, 7) is 3.61. The van der Waals surface area contributed by atoms with Crippen molar-refractivity contribution in [3.63, 3.8) is 0 Å². The number of carbonyl (C=O) groups excluding carboxylic acids is 2. The van der Waals surface area contributed by atoms with Gasteiger partial charge in [-0.2, -0.15) is 4.98 Å². The Kier molecular flexibility index (Phi) is 5.92. The molecule has 0 saturated carbocycles. The van der Waals surface area contributed by atoms with Crippen molar-refractivity contribution >= 4 is 28.5 Å². The molecule has 2 amide bonds. The largest absolute Gasteiger partial charge is 0.460 e. The van der Waals surface area contributed by atoms with E-state index in [-0.39, 0.29) is 11.8 Å². The summed E-state index contributed by atoms with van der Waals surface area (Å²) in [7, 11) is 3.53. The van der Waals surface area contributed by atoms with Crippen LogP contribution in [0.25, 0.3) is 22.4 Å².